The van der Waals surface area contributed by atoms with E-state index in [1.54, 1.807) is 11.9 Å². The monoisotopic (exact) mass is 159 g/mol. The van der Waals surface area contributed by atoms with Crippen molar-refractivity contribution in [3.05, 3.63) is 0 Å². The molecule has 0 saturated heterocycles. The Balaban J connectivity index is 3.17. The van der Waals surface area contributed by atoms with Gasteiger partial charge in [-0.15, -0.1) is 0 Å². The number of hydrogen-bond donors (Lipinski definition) is 2. The molecule has 0 aromatic rings. The van der Waals surface area contributed by atoms with Gasteiger partial charge in [-0.3, -0.25) is 5.41 Å². The highest BCUT2D eigenvalue weighted by molar-refractivity contribution is 5.74. The van der Waals surface area contributed by atoms with Crippen molar-refractivity contribution in [1.29, 1.82) is 5.41 Å². The van der Waals surface area contributed by atoms with Crippen LogP contribution in [0.2, 0.25) is 0 Å². The van der Waals surface area contributed by atoms with Gasteiger partial charge in [0.25, 0.3) is 0 Å². The predicted octanol–water partition coefficient (Wildman–Crippen LogP) is 0.238. The molecule has 0 aromatic carbocycles. The third-order valence-corrected chi connectivity index (χ3v) is 1.40. The first-order valence-corrected chi connectivity index (χ1v) is 3.81. The minimum atomic E-state index is 0.112. The maximum Gasteiger partial charge on any atom is 0.188 e. The summed E-state index contributed by atoms with van der Waals surface area (Å²) in [6.07, 6.45) is 0.921. The fraction of sp³-hybridized carbons (Fsp3) is 0.857. The number of ether oxygens (including phenoxy) is 1. The van der Waals surface area contributed by atoms with Crippen LogP contribution in [0.3, 0.4) is 0 Å². The zero-order valence-electron chi connectivity index (χ0n) is 7.26. The van der Waals surface area contributed by atoms with Gasteiger partial charge in [-0.1, -0.05) is 0 Å². The van der Waals surface area contributed by atoms with Crippen molar-refractivity contribution < 1.29 is 4.74 Å². The van der Waals surface area contributed by atoms with E-state index in [4.69, 9.17) is 15.9 Å². The Hall–Kier alpha value is -0.770. The van der Waals surface area contributed by atoms with Gasteiger partial charge in [-0.2, -0.15) is 0 Å². The highest BCUT2D eigenvalue weighted by Crippen LogP contribution is 1.86. The SMILES string of the molecule is CCOCCCN(C)C(=N)N. The first-order chi connectivity index (χ1) is 5.18. The Labute approximate surface area is 67.8 Å². The molecule has 0 amide bonds. The molecule has 0 rings (SSSR count). The Morgan fingerprint density at radius 1 is 1.64 bits per heavy atom. The second kappa shape index (κ2) is 5.97. The zero-order chi connectivity index (χ0) is 8.69. The molecule has 0 unspecified atom stereocenters. The lowest BCUT2D eigenvalue weighted by molar-refractivity contribution is 0.141. The van der Waals surface area contributed by atoms with Crippen LogP contribution >= 0.6 is 0 Å². The van der Waals surface area contributed by atoms with Gasteiger partial charge in [0.05, 0.1) is 0 Å². The lowest BCUT2D eigenvalue weighted by atomic mass is 10.4. The maximum absolute atomic E-state index is 7.04. The lowest BCUT2D eigenvalue weighted by Gasteiger charge is -2.15. The zero-order valence-corrected chi connectivity index (χ0v) is 7.26. The van der Waals surface area contributed by atoms with Gasteiger partial charge in [0.1, 0.15) is 0 Å². The number of hydrogen-bond acceptors (Lipinski definition) is 2. The molecule has 0 aliphatic heterocycles. The van der Waals surface area contributed by atoms with Crippen molar-refractivity contribution in [2.45, 2.75) is 13.3 Å². The average Bonchev–Trinajstić information content (AvgIpc) is 1.97. The molecule has 4 heteroatoms. The van der Waals surface area contributed by atoms with Crippen LogP contribution in [0.4, 0.5) is 0 Å². The highest BCUT2D eigenvalue weighted by Gasteiger charge is 1.97. The molecule has 11 heavy (non-hydrogen) atoms. The summed E-state index contributed by atoms with van der Waals surface area (Å²) in [5.74, 6) is 0.112. The molecule has 0 heterocycles. The van der Waals surface area contributed by atoms with Crippen LogP contribution in [-0.4, -0.2) is 37.7 Å². The molecule has 4 nitrogen and oxygen atoms in total. The van der Waals surface area contributed by atoms with Crippen molar-refractivity contribution in [3.63, 3.8) is 0 Å². The van der Waals surface area contributed by atoms with Crippen LogP contribution in [0.1, 0.15) is 13.3 Å². The molecule has 0 aliphatic carbocycles. The second-order valence-electron chi connectivity index (χ2n) is 2.36. The minimum Gasteiger partial charge on any atom is -0.382 e. The van der Waals surface area contributed by atoms with Crippen LogP contribution in [0, 0.1) is 5.41 Å². The van der Waals surface area contributed by atoms with Gasteiger partial charge in [0.15, 0.2) is 5.96 Å². The summed E-state index contributed by atoms with van der Waals surface area (Å²) in [6.45, 7) is 4.25. The summed E-state index contributed by atoms with van der Waals surface area (Å²) >= 11 is 0. The molecule has 0 radical (unpaired) electrons. The van der Waals surface area contributed by atoms with Crippen molar-refractivity contribution in [3.8, 4) is 0 Å². The molecular weight excluding hydrogens is 142 g/mol. The van der Waals surface area contributed by atoms with Crippen LogP contribution in [0.5, 0.6) is 0 Å². The first kappa shape index (κ1) is 10.2. The molecule has 0 bridgehead atoms. The van der Waals surface area contributed by atoms with E-state index < -0.39 is 0 Å². The van der Waals surface area contributed by atoms with Gasteiger partial charge in [-0.25, -0.2) is 0 Å². The van der Waals surface area contributed by atoms with Gasteiger partial charge < -0.3 is 15.4 Å². The number of nitrogens with two attached hydrogens (primary N) is 1. The normalized spacial score (nSPS) is 9.64. The van der Waals surface area contributed by atoms with E-state index in [-0.39, 0.29) is 5.96 Å². The third-order valence-electron chi connectivity index (χ3n) is 1.40. The molecule has 0 atom stereocenters. The molecule has 66 valence electrons. The molecule has 0 spiro atoms. The molecule has 0 saturated carbocycles. The third kappa shape index (κ3) is 5.66. The summed E-state index contributed by atoms with van der Waals surface area (Å²) in [5, 5.41) is 7.04. The molecule has 0 aromatic heterocycles. The first-order valence-electron chi connectivity index (χ1n) is 3.81. The number of rotatable bonds is 5. The van der Waals surface area contributed by atoms with E-state index in [1.807, 2.05) is 6.92 Å². The van der Waals surface area contributed by atoms with E-state index in [0.29, 0.717) is 0 Å². The van der Waals surface area contributed by atoms with E-state index >= 15 is 0 Å². The van der Waals surface area contributed by atoms with Crippen LogP contribution in [-0.2, 0) is 4.74 Å². The van der Waals surface area contributed by atoms with E-state index in [9.17, 15) is 0 Å². The van der Waals surface area contributed by atoms with Gasteiger partial charge in [-0.05, 0) is 13.3 Å². The van der Waals surface area contributed by atoms with Crippen LogP contribution in [0.25, 0.3) is 0 Å². The van der Waals surface area contributed by atoms with Crippen molar-refractivity contribution >= 4 is 5.96 Å². The van der Waals surface area contributed by atoms with Gasteiger partial charge in [0, 0.05) is 26.8 Å². The molecule has 0 fully saturated rings. The Kier molecular flexibility index (Phi) is 5.56. The van der Waals surface area contributed by atoms with Crippen LogP contribution in [0.15, 0.2) is 0 Å². The summed E-state index contributed by atoms with van der Waals surface area (Å²) in [5.41, 5.74) is 5.22. The summed E-state index contributed by atoms with van der Waals surface area (Å²) in [4.78, 5) is 1.69. The standard InChI is InChI=1S/C7H17N3O/c1-3-11-6-4-5-10(2)7(8)9/h3-6H2,1-2H3,(H3,8,9). The number of nitrogens with zero attached hydrogens (tertiary/aromatic N) is 1. The molecular formula is C7H17N3O. The number of guanidine groups is 1. The topological polar surface area (TPSA) is 62.3 Å². The van der Waals surface area contributed by atoms with Crippen molar-refractivity contribution in [2.24, 2.45) is 5.73 Å². The summed E-state index contributed by atoms with van der Waals surface area (Å²) in [7, 11) is 1.80. The Morgan fingerprint density at radius 3 is 2.73 bits per heavy atom. The minimum absolute atomic E-state index is 0.112. The quantitative estimate of drug-likeness (QED) is 0.343. The number of nitrogens with one attached hydrogen (secondary N) is 1. The fourth-order valence-electron chi connectivity index (χ4n) is 0.669. The van der Waals surface area contributed by atoms with Crippen molar-refractivity contribution in [2.75, 3.05) is 26.8 Å². The summed E-state index contributed by atoms with van der Waals surface area (Å²) < 4.78 is 5.13. The van der Waals surface area contributed by atoms with E-state index in [2.05, 4.69) is 0 Å². The average molecular weight is 159 g/mol. The fourth-order valence-corrected chi connectivity index (χ4v) is 0.669. The predicted molar refractivity (Wildman–Crippen MR) is 45.7 cm³/mol. The lowest BCUT2D eigenvalue weighted by Crippen LogP contribution is -2.33. The van der Waals surface area contributed by atoms with E-state index in [0.717, 1.165) is 26.2 Å². The van der Waals surface area contributed by atoms with Gasteiger partial charge in [0.2, 0.25) is 0 Å². The summed E-state index contributed by atoms with van der Waals surface area (Å²) in [6, 6.07) is 0. The molecule has 0 aliphatic rings. The van der Waals surface area contributed by atoms with Crippen molar-refractivity contribution in [1.82, 2.24) is 4.90 Å². The van der Waals surface area contributed by atoms with E-state index in [1.165, 1.54) is 0 Å². The van der Waals surface area contributed by atoms with Crippen LogP contribution < -0.4 is 5.73 Å². The largest absolute Gasteiger partial charge is 0.382 e. The Morgan fingerprint density at radius 2 is 2.27 bits per heavy atom. The smallest absolute Gasteiger partial charge is 0.188 e. The Bertz CT molecular complexity index is 116. The second-order valence-corrected chi connectivity index (χ2v) is 2.36. The van der Waals surface area contributed by atoms with Gasteiger partial charge >= 0.3 is 0 Å². The molecule has 3 N–H and O–H groups in total. The highest BCUT2D eigenvalue weighted by atomic mass is 16.5. The maximum atomic E-state index is 7.04.